The molecule has 92 valence electrons. The van der Waals surface area contributed by atoms with Crippen molar-refractivity contribution in [1.82, 2.24) is 0 Å². The highest BCUT2D eigenvalue weighted by molar-refractivity contribution is 5.90. The van der Waals surface area contributed by atoms with Crippen molar-refractivity contribution in [2.24, 2.45) is 0 Å². The van der Waals surface area contributed by atoms with Gasteiger partial charge in [-0.25, -0.2) is 4.79 Å². The second-order valence-corrected chi connectivity index (χ2v) is 4.08. The van der Waals surface area contributed by atoms with Gasteiger partial charge in [-0.05, 0) is 30.7 Å². The summed E-state index contributed by atoms with van der Waals surface area (Å²) in [5.74, 6) is -0.362. The summed E-state index contributed by atoms with van der Waals surface area (Å²) in [6.45, 7) is 1.85. The lowest BCUT2D eigenvalue weighted by Crippen LogP contribution is -2.09. The average Bonchev–Trinajstić information content (AvgIpc) is 2.39. The lowest BCUT2D eigenvalue weighted by Gasteiger charge is -2.13. The molecule has 1 atom stereocenters. The molecule has 2 N–H and O–H groups in total. The van der Waals surface area contributed by atoms with Gasteiger partial charge < -0.3 is 10.5 Å². The molecule has 0 aliphatic heterocycles. The second kappa shape index (κ2) is 5.36. The molecule has 0 aliphatic rings. The lowest BCUT2D eigenvalue weighted by atomic mass is 10.1. The Hall–Kier alpha value is -2.29. The van der Waals surface area contributed by atoms with Crippen molar-refractivity contribution >= 4 is 11.7 Å². The molecular weight excluding hydrogens is 226 g/mol. The summed E-state index contributed by atoms with van der Waals surface area (Å²) < 4.78 is 5.38. The Morgan fingerprint density at radius 1 is 1.11 bits per heavy atom. The zero-order chi connectivity index (χ0) is 13.0. The minimum Gasteiger partial charge on any atom is -0.454 e. The molecule has 2 rings (SSSR count). The lowest BCUT2D eigenvalue weighted by molar-refractivity contribution is 0.0338. The fourth-order valence-corrected chi connectivity index (χ4v) is 1.69. The number of carbonyl (C=O) groups is 1. The van der Waals surface area contributed by atoms with Gasteiger partial charge >= 0.3 is 5.97 Å². The van der Waals surface area contributed by atoms with Crippen LogP contribution in [0.15, 0.2) is 54.6 Å². The first kappa shape index (κ1) is 12.2. The molecule has 0 fully saturated rings. The number of ether oxygens (including phenoxy) is 1. The highest BCUT2D eigenvalue weighted by atomic mass is 16.5. The fraction of sp³-hybridized carbons (Fsp3) is 0.133. The van der Waals surface area contributed by atoms with E-state index in [0.717, 1.165) is 5.56 Å². The Balaban J connectivity index is 2.08. The second-order valence-electron chi connectivity index (χ2n) is 4.08. The van der Waals surface area contributed by atoms with E-state index in [1.807, 2.05) is 37.3 Å². The molecule has 0 heterocycles. The number of rotatable bonds is 3. The monoisotopic (exact) mass is 241 g/mol. The Labute approximate surface area is 106 Å². The fourth-order valence-electron chi connectivity index (χ4n) is 1.69. The van der Waals surface area contributed by atoms with Crippen molar-refractivity contribution in [3.05, 3.63) is 65.7 Å². The van der Waals surface area contributed by atoms with Gasteiger partial charge in [0.2, 0.25) is 0 Å². The molecular formula is C15H15NO2. The smallest absolute Gasteiger partial charge is 0.338 e. The SMILES string of the molecule is CC(OC(=O)c1cccc(N)c1)c1ccccc1. The van der Waals surface area contributed by atoms with Crippen molar-refractivity contribution in [2.75, 3.05) is 5.73 Å². The number of benzene rings is 2. The molecule has 18 heavy (non-hydrogen) atoms. The standard InChI is InChI=1S/C15H15NO2/c1-11(12-6-3-2-4-7-12)18-15(17)13-8-5-9-14(16)10-13/h2-11H,16H2,1H3. The number of carbonyl (C=O) groups excluding carboxylic acids is 1. The van der Waals surface area contributed by atoms with Crippen LogP contribution in [-0.2, 0) is 4.74 Å². The highest BCUT2D eigenvalue weighted by Crippen LogP contribution is 2.18. The molecule has 0 saturated heterocycles. The molecule has 2 aromatic rings. The Bertz CT molecular complexity index is 537. The summed E-state index contributed by atoms with van der Waals surface area (Å²) in [5.41, 5.74) is 7.62. The van der Waals surface area contributed by atoms with Gasteiger partial charge in [0.05, 0.1) is 5.56 Å². The van der Waals surface area contributed by atoms with Crippen LogP contribution < -0.4 is 5.73 Å². The van der Waals surface area contributed by atoms with E-state index in [0.29, 0.717) is 11.3 Å². The minimum atomic E-state index is -0.362. The molecule has 2 aromatic carbocycles. The van der Waals surface area contributed by atoms with Gasteiger partial charge in [0.25, 0.3) is 0 Å². The number of nitrogens with two attached hydrogens (primary N) is 1. The molecule has 0 aromatic heterocycles. The van der Waals surface area contributed by atoms with Crippen LogP contribution in [0.1, 0.15) is 28.9 Å². The molecule has 0 saturated carbocycles. The van der Waals surface area contributed by atoms with Crippen molar-refractivity contribution in [1.29, 1.82) is 0 Å². The van der Waals surface area contributed by atoms with E-state index in [1.54, 1.807) is 24.3 Å². The van der Waals surface area contributed by atoms with E-state index in [-0.39, 0.29) is 12.1 Å². The van der Waals surface area contributed by atoms with E-state index in [1.165, 1.54) is 0 Å². The molecule has 0 radical (unpaired) electrons. The van der Waals surface area contributed by atoms with Crippen LogP contribution in [0.25, 0.3) is 0 Å². The van der Waals surface area contributed by atoms with E-state index < -0.39 is 0 Å². The first-order valence-electron chi connectivity index (χ1n) is 5.78. The highest BCUT2D eigenvalue weighted by Gasteiger charge is 2.13. The van der Waals surface area contributed by atoms with E-state index in [9.17, 15) is 4.79 Å². The number of esters is 1. The van der Waals surface area contributed by atoms with Gasteiger partial charge in [0, 0.05) is 5.69 Å². The first-order valence-corrected chi connectivity index (χ1v) is 5.78. The van der Waals surface area contributed by atoms with Gasteiger partial charge in [-0.15, -0.1) is 0 Å². The largest absolute Gasteiger partial charge is 0.454 e. The maximum atomic E-state index is 11.9. The summed E-state index contributed by atoms with van der Waals surface area (Å²) >= 11 is 0. The summed E-state index contributed by atoms with van der Waals surface area (Å²) in [7, 11) is 0. The van der Waals surface area contributed by atoms with Gasteiger partial charge in [-0.1, -0.05) is 36.4 Å². The van der Waals surface area contributed by atoms with Gasteiger partial charge in [0.15, 0.2) is 0 Å². The number of hydrogen-bond donors (Lipinski definition) is 1. The van der Waals surface area contributed by atoms with Crippen molar-refractivity contribution < 1.29 is 9.53 Å². The number of hydrogen-bond acceptors (Lipinski definition) is 3. The summed E-state index contributed by atoms with van der Waals surface area (Å²) in [6, 6.07) is 16.4. The summed E-state index contributed by atoms with van der Waals surface area (Å²) in [6.07, 6.45) is -0.278. The summed E-state index contributed by atoms with van der Waals surface area (Å²) in [4.78, 5) is 11.9. The van der Waals surface area contributed by atoms with E-state index in [2.05, 4.69) is 0 Å². The first-order chi connectivity index (χ1) is 8.66. The van der Waals surface area contributed by atoms with Crippen LogP contribution in [0, 0.1) is 0 Å². The van der Waals surface area contributed by atoms with Crippen LogP contribution in [-0.4, -0.2) is 5.97 Å². The molecule has 1 unspecified atom stereocenters. The Kier molecular flexibility index (Phi) is 3.63. The van der Waals surface area contributed by atoms with Crippen LogP contribution in [0.3, 0.4) is 0 Å². The van der Waals surface area contributed by atoms with Gasteiger partial charge in [0.1, 0.15) is 6.10 Å². The molecule has 3 heteroatoms. The van der Waals surface area contributed by atoms with E-state index >= 15 is 0 Å². The van der Waals surface area contributed by atoms with Crippen LogP contribution in [0.4, 0.5) is 5.69 Å². The topological polar surface area (TPSA) is 52.3 Å². The Morgan fingerprint density at radius 3 is 2.50 bits per heavy atom. The third-order valence-corrected chi connectivity index (χ3v) is 2.68. The normalized spacial score (nSPS) is 11.8. The van der Waals surface area contributed by atoms with Crippen LogP contribution in [0.5, 0.6) is 0 Å². The van der Waals surface area contributed by atoms with Crippen LogP contribution >= 0.6 is 0 Å². The molecule has 0 aliphatic carbocycles. The third-order valence-electron chi connectivity index (χ3n) is 2.68. The van der Waals surface area contributed by atoms with Crippen molar-refractivity contribution in [2.45, 2.75) is 13.0 Å². The number of nitrogen functional groups attached to an aromatic ring is 1. The molecule has 3 nitrogen and oxygen atoms in total. The minimum absolute atomic E-state index is 0.278. The van der Waals surface area contributed by atoms with Crippen molar-refractivity contribution in [3.8, 4) is 0 Å². The average molecular weight is 241 g/mol. The molecule has 0 amide bonds. The summed E-state index contributed by atoms with van der Waals surface area (Å²) in [5, 5.41) is 0. The van der Waals surface area contributed by atoms with Crippen molar-refractivity contribution in [3.63, 3.8) is 0 Å². The van der Waals surface area contributed by atoms with Gasteiger partial charge in [-0.2, -0.15) is 0 Å². The zero-order valence-corrected chi connectivity index (χ0v) is 10.2. The third kappa shape index (κ3) is 2.88. The maximum Gasteiger partial charge on any atom is 0.338 e. The maximum absolute atomic E-state index is 11.9. The molecule has 0 bridgehead atoms. The molecule has 0 spiro atoms. The quantitative estimate of drug-likeness (QED) is 0.663. The van der Waals surface area contributed by atoms with Crippen LogP contribution in [0.2, 0.25) is 0 Å². The van der Waals surface area contributed by atoms with Gasteiger partial charge in [-0.3, -0.25) is 0 Å². The predicted octanol–water partition coefficient (Wildman–Crippen LogP) is 3.19. The number of anilines is 1. The Morgan fingerprint density at radius 2 is 1.83 bits per heavy atom. The van der Waals surface area contributed by atoms with E-state index in [4.69, 9.17) is 10.5 Å². The predicted molar refractivity (Wildman–Crippen MR) is 71.1 cm³/mol. The zero-order valence-electron chi connectivity index (χ0n) is 10.2.